The smallest absolute Gasteiger partial charge is 0.259 e. The predicted molar refractivity (Wildman–Crippen MR) is 146 cm³/mol. The number of aromatic nitrogens is 2. The predicted octanol–water partition coefficient (Wildman–Crippen LogP) is 4.51. The summed E-state index contributed by atoms with van der Waals surface area (Å²) < 4.78 is 4.21. The van der Waals surface area contributed by atoms with E-state index in [1.807, 2.05) is 54.2 Å². The molecule has 2 aliphatic rings. The molecule has 0 saturated heterocycles. The number of halogens is 1. The molecule has 7 heteroatoms. The van der Waals surface area contributed by atoms with Crippen LogP contribution < -0.4 is 11.1 Å². The molecule has 0 unspecified atom stereocenters. The average Bonchev–Trinajstić information content (AvgIpc) is 3.46. The fourth-order valence-corrected chi connectivity index (χ4v) is 6.15. The molecule has 4 heterocycles. The van der Waals surface area contributed by atoms with Gasteiger partial charge in [0.2, 0.25) is 0 Å². The summed E-state index contributed by atoms with van der Waals surface area (Å²) in [5.74, 6) is 0.0493. The number of hydrogen-bond donors (Lipinski definition) is 2. The van der Waals surface area contributed by atoms with Crippen molar-refractivity contribution < 1.29 is 9.59 Å². The summed E-state index contributed by atoms with van der Waals surface area (Å²) in [6, 6.07) is 14.1. The molecule has 0 bridgehead atoms. The van der Waals surface area contributed by atoms with Crippen molar-refractivity contribution >= 4 is 51.8 Å². The first-order valence-electron chi connectivity index (χ1n) is 12.4. The molecule has 0 fully saturated rings. The first-order chi connectivity index (χ1) is 16.9. The van der Waals surface area contributed by atoms with Crippen molar-refractivity contribution in [3.8, 4) is 0 Å². The molecule has 0 radical (unpaired) electrons. The standard InChI is InChI=1S/C29H30N4O2.ClH/c1-16(2)27(30)17-11-12-22-19(14-17)24(23-10-6-7-13-33(22)23)26-25(28(34)31-29(26)35)20-15-32(3)21-9-5-4-8-18(20)21;/h4-10,13,15-17,27H,11-12,14,30H2,1-3H3,(H,31,34,35);1H/t17-,27+;/m0./s1. The van der Waals surface area contributed by atoms with Crippen LogP contribution in [0.15, 0.2) is 54.9 Å². The average molecular weight is 503 g/mol. The Morgan fingerprint density at radius 1 is 1.00 bits per heavy atom. The summed E-state index contributed by atoms with van der Waals surface area (Å²) in [6.07, 6.45) is 6.75. The Morgan fingerprint density at radius 3 is 2.47 bits per heavy atom. The van der Waals surface area contributed by atoms with Gasteiger partial charge in [-0.1, -0.05) is 38.1 Å². The highest BCUT2D eigenvalue weighted by Crippen LogP contribution is 2.43. The van der Waals surface area contributed by atoms with Crippen molar-refractivity contribution in [2.75, 3.05) is 0 Å². The Kier molecular flexibility index (Phi) is 6.05. The molecule has 6 nitrogen and oxygen atoms in total. The maximum atomic E-state index is 13.4. The fourth-order valence-electron chi connectivity index (χ4n) is 6.15. The van der Waals surface area contributed by atoms with Gasteiger partial charge in [-0.25, -0.2) is 0 Å². The lowest BCUT2D eigenvalue weighted by atomic mass is 9.77. The number of nitrogens with zero attached hydrogens (tertiary/aromatic N) is 2. The molecule has 2 amide bonds. The maximum Gasteiger partial charge on any atom is 0.259 e. The first kappa shape index (κ1) is 24.3. The van der Waals surface area contributed by atoms with E-state index in [0.29, 0.717) is 23.0 Å². The van der Waals surface area contributed by atoms with E-state index in [0.717, 1.165) is 52.4 Å². The number of nitrogens with one attached hydrogen (secondary N) is 1. The Labute approximate surface area is 216 Å². The molecular formula is C29H31ClN4O2. The van der Waals surface area contributed by atoms with E-state index in [1.165, 1.54) is 5.69 Å². The monoisotopic (exact) mass is 502 g/mol. The lowest BCUT2D eigenvalue weighted by Crippen LogP contribution is -2.38. The number of hydrogen-bond acceptors (Lipinski definition) is 3. The number of imide groups is 1. The van der Waals surface area contributed by atoms with Crippen molar-refractivity contribution in [2.24, 2.45) is 24.6 Å². The van der Waals surface area contributed by atoms with Crippen molar-refractivity contribution in [1.82, 2.24) is 14.3 Å². The van der Waals surface area contributed by atoms with Crippen LogP contribution >= 0.6 is 12.4 Å². The molecule has 186 valence electrons. The van der Waals surface area contributed by atoms with Gasteiger partial charge >= 0.3 is 0 Å². The number of amides is 2. The third-order valence-corrected chi connectivity index (χ3v) is 7.94. The van der Waals surface area contributed by atoms with Gasteiger partial charge in [-0.05, 0) is 54.9 Å². The van der Waals surface area contributed by atoms with E-state index in [1.54, 1.807) is 0 Å². The van der Waals surface area contributed by atoms with E-state index in [9.17, 15) is 9.59 Å². The molecule has 2 atom stereocenters. The molecule has 1 aliphatic carbocycles. The van der Waals surface area contributed by atoms with Gasteiger partial charge in [0.05, 0.1) is 16.7 Å². The number of aryl methyl sites for hydroxylation is 2. The number of benzene rings is 1. The highest BCUT2D eigenvalue weighted by atomic mass is 35.5. The van der Waals surface area contributed by atoms with E-state index in [-0.39, 0.29) is 30.3 Å². The van der Waals surface area contributed by atoms with Gasteiger partial charge in [0, 0.05) is 53.2 Å². The SMILES string of the molecule is CC(C)[C@@H](N)[C@H]1CCc2c(c(C3=C(c4cn(C)c5ccccc45)C(=O)NC3=O)c3ccccn23)C1.Cl. The summed E-state index contributed by atoms with van der Waals surface area (Å²) in [6.45, 7) is 4.34. The number of carbonyl (C=O) groups excluding carboxylic acids is 2. The highest BCUT2D eigenvalue weighted by Gasteiger charge is 2.39. The van der Waals surface area contributed by atoms with Crippen LogP contribution in [0, 0.1) is 11.8 Å². The number of para-hydroxylation sites is 1. The molecular weight excluding hydrogens is 472 g/mol. The Morgan fingerprint density at radius 2 is 1.69 bits per heavy atom. The van der Waals surface area contributed by atoms with Gasteiger partial charge in [-0.2, -0.15) is 0 Å². The molecule has 36 heavy (non-hydrogen) atoms. The molecule has 3 aromatic heterocycles. The second-order valence-corrected chi connectivity index (χ2v) is 10.3. The zero-order chi connectivity index (χ0) is 24.4. The minimum Gasteiger partial charge on any atom is -0.350 e. The lowest BCUT2D eigenvalue weighted by molar-refractivity contribution is -0.122. The minimum atomic E-state index is -0.336. The van der Waals surface area contributed by atoms with Crippen LogP contribution in [0.1, 0.15) is 42.7 Å². The van der Waals surface area contributed by atoms with Gasteiger partial charge in [-0.3, -0.25) is 14.9 Å². The Hall–Kier alpha value is -3.35. The van der Waals surface area contributed by atoms with Crippen LogP contribution in [0.5, 0.6) is 0 Å². The topological polar surface area (TPSA) is 81.5 Å². The van der Waals surface area contributed by atoms with Crippen LogP contribution in [-0.2, 0) is 29.5 Å². The normalized spacial score (nSPS) is 18.6. The Balaban J connectivity index is 0.00000267. The lowest BCUT2D eigenvalue weighted by Gasteiger charge is -2.31. The third kappa shape index (κ3) is 3.51. The largest absolute Gasteiger partial charge is 0.350 e. The van der Waals surface area contributed by atoms with E-state index in [2.05, 4.69) is 35.8 Å². The van der Waals surface area contributed by atoms with Crippen molar-refractivity contribution in [3.63, 3.8) is 0 Å². The van der Waals surface area contributed by atoms with Crippen LogP contribution in [0.3, 0.4) is 0 Å². The van der Waals surface area contributed by atoms with Gasteiger partial charge in [0.1, 0.15) is 0 Å². The second kappa shape index (κ2) is 8.95. The number of fused-ring (bicyclic) bond motifs is 4. The van der Waals surface area contributed by atoms with Crippen LogP contribution in [0.25, 0.3) is 27.6 Å². The number of nitrogens with two attached hydrogens (primary N) is 1. The minimum absolute atomic E-state index is 0. The van der Waals surface area contributed by atoms with Crippen molar-refractivity contribution in [3.05, 3.63) is 77.2 Å². The molecule has 4 aromatic rings. The number of rotatable bonds is 4. The van der Waals surface area contributed by atoms with Crippen LogP contribution in [0.2, 0.25) is 0 Å². The summed E-state index contributed by atoms with van der Waals surface area (Å²) in [7, 11) is 1.97. The summed E-state index contributed by atoms with van der Waals surface area (Å²) in [5.41, 5.74) is 13.6. The molecule has 1 aromatic carbocycles. The number of pyridine rings is 1. The summed E-state index contributed by atoms with van der Waals surface area (Å²) in [5, 5.41) is 3.57. The van der Waals surface area contributed by atoms with E-state index >= 15 is 0 Å². The summed E-state index contributed by atoms with van der Waals surface area (Å²) in [4.78, 5) is 26.7. The zero-order valence-electron chi connectivity index (χ0n) is 20.7. The molecule has 3 N–H and O–H groups in total. The van der Waals surface area contributed by atoms with Gasteiger partial charge in [-0.15, -0.1) is 12.4 Å². The Bertz CT molecular complexity index is 1560. The van der Waals surface area contributed by atoms with Gasteiger partial charge in [0.25, 0.3) is 11.8 Å². The van der Waals surface area contributed by atoms with Crippen LogP contribution in [-0.4, -0.2) is 26.8 Å². The van der Waals surface area contributed by atoms with Gasteiger partial charge < -0.3 is 14.7 Å². The first-order valence-corrected chi connectivity index (χ1v) is 12.4. The van der Waals surface area contributed by atoms with Crippen molar-refractivity contribution in [2.45, 2.75) is 39.2 Å². The molecule has 6 rings (SSSR count). The number of carbonyl (C=O) groups is 2. The molecule has 0 spiro atoms. The summed E-state index contributed by atoms with van der Waals surface area (Å²) >= 11 is 0. The molecule has 0 saturated carbocycles. The quantitative estimate of drug-likeness (QED) is 0.403. The zero-order valence-corrected chi connectivity index (χ0v) is 21.6. The fraction of sp³-hybridized carbons (Fsp3) is 0.310. The highest BCUT2D eigenvalue weighted by molar-refractivity contribution is 6.50. The van der Waals surface area contributed by atoms with E-state index < -0.39 is 0 Å². The molecule has 1 aliphatic heterocycles. The second-order valence-electron chi connectivity index (χ2n) is 10.3. The van der Waals surface area contributed by atoms with E-state index in [4.69, 9.17) is 5.73 Å². The van der Waals surface area contributed by atoms with Crippen molar-refractivity contribution in [1.29, 1.82) is 0 Å². The van der Waals surface area contributed by atoms with Crippen LogP contribution in [0.4, 0.5) is 0 Å². The van der Waals surface area contributed by atoms with Gasteiger partial charge in [0.15, 0.2) is 0 Å². The third-order valence-electron chi connectivity index (χ3n) is 7.94. The maximum absolute atomic E-state index is 13.4.